The van der Waals surface area contributed by atoms with Gasteiger partial charge < -0.3 is 15.7 Å². The standard InChI is InChI=1S/C23H34N2O3/c1-15(2)16-7-8-18-17(13-16)19(26)20(27)21-22(3,9-5-10-23(18,21)4)14-25-28-12-6-11-24/h7-8,13-15,20-21,27H,5-6,9-12,24H2,1-4H3/b25-14+/t20-,21-,22-,23+/m0/s1. The number of hydrogen-bond acceptors (Lipinski definition) is 5. The molecule has 3 N–H and O–H groups in total. The predicted molar refractivity (Wildman–Crippen MR) is 112 cm³/mol. The fourth-order valence-corrected chi connectivity index (χ4v) is 5.32. The Balaban J connectivity index is 2.00. The zero-order valence-electron chi connectivity index (χ0n) is 17.6. The van der Waals surface area contributed by atoms with Crippen LogP contribution in [0.15, 0.2) is 23.4 Å². The van der Waals surface area contributed by atoms with Crippen molar-refractivity contribution in [3.63, 3.8) is 0 Å². The molecule has 2 aliphatic rings. The molecule has 0 heterocycles. The van der Waals surface area contributed by atoms with Crippen molar-refractivity contribution in [3.8, 4) is 0 Å². The lowest BCUT2D eigenvalue weighted by atomic mass is 9.49. The summed E-state index contributed by atoms with van der Waals surface area (Å²) >= 11 is 0. The van der Waals surface area contributed by atoms with Crippen LogP contribution >= 0.6 is 0 Å². The third-order valence-corrected chi connectivity index (χ3v) is 6.85. The number of ketones is 1. The molecule has 5 nitrogen and oxygen atoms in total. The van der Waals surface area contributed by atoms with Gasteiger partial charge in [0.1, 0.15) is 12.7 Å². The van der Waals surface area contributed by atoms with E-state index in [0.717, 1.165) is 36.8 Å². The Morgan fingerprint density at radius 3 is 2.79 bits per heavy atom. The van der Waals surface area contributed by atoms with Gasteiger partial charge in [-0.2, -0.15) is 0 Å². The topological polar surface area (TPSA) is 84.9 Å². The normalized spacial score (nSPS) is 32.5. The maximum atomic E-state index is 13.2. The molecule has 1 aromatic rings. The van der Waals surface area contributed by atoms with E-state index >= 15 is 0 Å². The summed E-state index contributed by atoms with van der Waals surface area (Å²) in [6.07, 6.45) is 4.39. The molecule has 0 aromatic heterocycles. The van der Waals surface area contributed by atoms with Crippen LogP contribution in [-0.2, 0) is 10.3 Å². The van der Waals surface area contributed by atoms with Crippen LogP contribution in [0.4, 0.5) is 0 Å². The minimum atomic E-state index is -1.03. The number of aliphatic hydroxyl groups excluding tert-OH is 1. The number of hydrogen-bond donors (Lipinski definition) is 2. The van der Waals surface area contributed by atoms with E-state index in [2.05, 4.69) is 45.0 Å². The van der Waals surface area contributed by atoms with Crippen molar-refractivity contribution >= 4 is 12.0 Å². The Kier molecular flexibility index (Phi) is 5.97. The van der Waals surface area contributed by atoms with Crippen LogP contribution in [0.3, 0.4) is 0 Å². The lowest BCUT2D eigenvalue weighted by Gasteiger charge is -2.55. The van der Waals surface area contributed by atoms with E-state index in [0.29, 0.717) is 24.6 Å². The number of fused-ring (bicyclic) bond motifs is 3. The molecule has 1 fully saturated rings. The molecule has 28 heavy (non-hydrogen) atoms. The van der Waals surface area contributed by atoms with Crippen LogP contribution in [0.5, 0.6) is 0 Å². The number of aliphatic hydroxyl groups is 1. The van der Waals surface area contributed by atoms with Crippen molar-refractivity contribution in [2.24, 2.45) is 22.2 Å². The maximum Gasteiger partial charge on any atom is 0.191 e. The molecule has 0 unspecified atom stereocenters. The van der Waals surface area contributed by atoms with Gasteiger partial charge >= 0.3 is 0 Å². The molecule has 5 heteroatoms. The fourth-order valence-electron chi connectivity index (χ4n) is 5.32. The first-order valence-corrected chi connectivity index (χ1v) is 10.5. The third-order valence-electron chi connectivity index (χ3n) is 6.85. The number of nitrogens with zero attached hydrogens (tertiary/aromatic N) is 1. The zero-order chi connectivity index (χ0) is 20.5. The van der Waals surface area contributed by atoms with Gasteiger partial charge in [0, 0.05) is 16.9 Å². The molecule has 2 aliphatic carbocycles. The number of carbonyl (C=O) groups excluding carboxylic acids is 1. The van der Waals surface area contributed by atoms with E-state index in [1.165, 1.54) is 0 Å². The molecule has 1 saturated carbocycles. The fraction of sp³-hybridized carbons (Fsp3) is 0.652. The molecule has 1 aromatic carbocycles. The smallest absolute Gasteiger partial charge is 0.191 e. The van der Waals surface area contributed by atoms with Gasteiger partial charge in [0.05, 0.1) is 6.21 Å². The quantitative estimate of drug-likeness (QED) is 0.443. The summed E-state index contributed by atoms with van der Waals surface area (Å²) in [4.78, 5) is 18.5. The summed E-state index contributed by atoms with van der Waals surface area (Å²) in [5, 5.41) is 15.3. The SMILES string of the molecule is CC(C)c1ccc2c(c1)C(=O)[C@H](O)[C@H]1[C@](C)(/C=N/OCCCN)CCC[C@]21C. The van der Waals surface area contributed by atoms with Gasteiger partial charge in [-0.15, -0.1) is 0 Å². The van der Waals surface area contributed by atoms with Crippen LogP contribution in [0, 0.1) is 11.3 Å². The van der Waals surface area contributed by atoms with E-state index in [1.807, 2.05) is 12.3 Å². The number of Topliss-reactive ketones (excluding diaryl/α,β-unsaturated/α-hetero) is 1. The van der Waals surface area contributed by atoms with Crippen LogP contribution in [0.25, 0.3) is 0 Å². The molecular formula is C23H34N2O3. The predicted octanol–water partition coefficient (Wildman–Crippen LogP) is 3.78. The average molecular weight is 387 g/mol. The summed E-state index contributed by atoms with van der Waals surface area (Å²) in [6.45, 7) is 9.57. The number of oxime groups is 1. The summed E-state index contributed by atoms with van der Waals surface area (Å²) in [5.74, 6) is -0.0405. The molecule has 154 valence electrons. The van der Waals surface area contributed by atoms with E-state index in [1.54, 1.807) is 0 Å². The highest BCUT2D eigenvalue weighted by Gasteiger charge is 2.57. The van der Waals surface area contributed by atoms with Crippen molar-refractivity contribution in [3.05, 3.63) is 34.9 Å². The van der Waals surface area contributed by atoms with Gasteiger partial charge in [0.15, 0.2) is 5.78 Å². The molecule has 3 rings (SSSR count). The van der Waals surface area contributed by atoms with Gasteiger partial charge in [-0.1, -0.05) is 51.4 Å². The molecule has 0 spiro atoms. The number of rotatable bonds is 6. The second-order valence-corrected chi connectivity index (χ2v) is 9.23. The summed E-state index contributed by atoms with van der Waals surface area (Å²) in [7, 11) is 0. The van der Waals surface area contributed by atoms with Crippen LogP contribution < -0.4 is 5.73 Å². The summed E-state index contributed by atoms with van der Waals surface area (Å²) in [6, 6.07) is 6.23. The summed E-state index contributed by atoms with van der Waals surface area (Å²) < 4.78 is 0. The number of nitrogens with two attached hydrogens (primary N) is 1. The highest BCUT2D eigenvalue weighted by molar-refractivity contribution is 6.03. The van der Waals surface area contributed by atoms with Gasteiger partial charge in [0.2, 0.25) is 0 Å². The first-order valence-electron chi connectivity index (χ1n) is 10.5. The maximum absolute atomic E-state index is 13.2. The first-order chi connectivity index (χ1) is 13.2. The largest absolute Gasteiger partial charge is 0.396 e. The lowest BCUT2D eigenvalue weighted by molar-refractivity contribution is -0.0184. The van der Waals surface area contributed by atoms with Gasteiger partial charge in [0.25, 0.3) is 0 Å². The third kappa shape index (κ3) is 3.50. The van der Waals surface area contributed by atoms with Gasteiger partial charge in [-0.25, -0.2) is 0 Å². The second kappa shape index (κ2) is 7.96. The van der Waals surface area contributed by atoms with Crippen molar-refractivity contribution < 1.29 is 14.7 Å². The van der Waals surface area contributed by atoms with E-state index in [-0.39, 0.29) is 17.1 Å². The number of carbonyl (C=O) groups is 1. The molecule has 0 amide bonds. The Morgan fingerprint density at radius 2 is 2.11 bits per heavy atom. The second-order valence-electron chi connectivity index (χ2n) is 9.23. The van der Waals surface area contributed by atoms with Crippen molar-refractivity contribution in [2.45, 2.75) is 70.8 Å². The molecule has 0 radical (unpaired) electrons. The Hall–Kier alpha value is -1.72. The Labute approximate surface area is 168 Å². The number of benzene rings is 1. The van der Waals surface area contributed by atoms with Crippen molar-refractivity contribution in [1.29, 1.82) is 0 Å². The van der Waals surface area contributed by atoms with E-state index in [4.69, 9.17) is 10.6 Å². The molecule has 4 atom stereocenters. The Morgan fingerprint density at radius 1 is 1.36 bits per heavy atom. The van der Waals surface area contributed by atoms with Crippen LogP contribution in [0.2, 0.25) is 0 Å². The lowest BCUT2D eigenvalue weighted by Crippen LogP contribution is -2.58. The molecule has 0 saturated heterocycles. The average Bonchev–Trinajstić information content (AvgIpc) is 2.65. The molecule has 0 aliphatic heterocycles. The van der Waals surface area contributed by atoms with Gasteiger partial charge in [-0.05, 0) is 54.3 Å². The van der Waals surface area contributed by atoms with Crippen molar-refractivity contribution in [1.82, 2.24) is 0 Å². The van der Waals surface area contributed by atoms with Crippen molar-refractivity contribution in [2.75, 3.05) is 13.2 Å². The Bertz CT molecular complexity index is 760. The summed E-state index contributed by atoms with van der Waals surface area (Å²) in [5.41, 5.74) is 7.71. The minimum Gasteiger partial charge on any atom is -0.396 e. The van der Waals surface area contributed by atoms with Crippen LogP contribution in [0.1, 0.15) is 80.8 Å². The highest BCUT2D eigenvalue weighted by atomic mass is 16.6. The first kappa shape index (κ1) is 21.0. The molecule has 0 bridgehead atoms. The van der Waals surface area contributed by atoms with E-state index in [9.17, 15) is 9.90 Å². The van der Waals surface area contributed by atoms with Crippen LogP contribution in [-0.4, -0.2) is 36.4 Å². The molecular weight excluding hydrogens is 352 g/mol. The zero-order valence-corrected chi connectivity index (χ0v) is 17.6. The monoisotopic (exact) mass is 386 g/mol. The highest BCUT2D eigenvalue weighted by Crippen LogP contribution is 2.56. The van der Waals surface area contributed by atoms with E-state index < -0.39 is 11.5 Å². The minimum absolute atomic E-state index is 0.162. The van der Waals surface area contributed by atoms with Gasteiger partial charge in [-0.3, -0.25) is 4.79 Å².